The van der Waals surface area contributed by atoms with Crippen molar-refractivity contribution in [3.05, 3.63) is 56.5 Å². The van der Waals surface area contributed by atoms with Crippen LogP contribution in [-0.2, 0) is 6.18 Å². The summed E-state index contributed by atoms with van der Waals surface area (Å²) in [7, 11) is -2.02. The van der Waals surface area contributed by atoms with E-state index in [0.29, 0.717) is 14.7 Å². The molecule has 140 valence electrons. The van der Waals surface area contributed by atoms with Gasteiger partial charge in [0.05, 0.1) is 15.6 Å². The van der Waals surface area contributed by atoms with Gasteiger partial charge >= 0.3 is 6.18 Å². The van der Waals surface area contributed by atoms with E-state index in [0.717, 1.165) is 12.1 Å². The lowest BCUT2D eigenvalue weighted by Gasteiger charge is -2.23. The molecule has 0 aliphatic heterocycles. The molecule has 0 aliphatic carbocycles. The third-order valence-corrected chi connectivity index (χ3v) is 4.97. The van der Waals surface area contributed by atoms with Gasteiger partial charge in [0.1, 0.15) is 5.75 Å². The molecule has 0 aliphatic rings. The van der Waals surface area contributed by atoms with Crippen molar-refractivity contribution in [1.29, 1.82) is 0 Å². The third-order valence-electron chi connectivity index (χ3n) is 3.11. The van der Waals surface area contributed by atoms with E-state index in [9.17, 15) is 18.0 Å². The molecule has 0 bridgehead atoms. The quantitative estimate of drug-likeness (QED) is 0.465. The number of carbonyl (C=O) groups is 1. The molecular formula is C17H16Br2F3NO2Si. The van der Waals surface area contributed by atoms with E-state index in [4.69, 9.17) is 4.43 Å². The molecule has 0 fully saturated rings. The van der Waals surface area contributed by atoms with Crippen LogP contribution in [-0.4, -0.2) is 14.2 Å². The molecule has 0 atom stereocenters. The zero-order valence-corrected chi connectivity index (χ0v) is 18.3. The molecule has 0 heterocycles. The molecule has 0 radical (unpaired) electrons. The fourth-order valence-corrected chi connectivity index (χ4v) is 4.40. The second-order valence-corrected chi connectivity index (χ2v) is 12.7. The first kappa shape index (κ1) is 21.0. The second kappa shape index (κ2) is 7.73. The van der Waals surface area contributed by atoms with Gasteiger partial charge in [-0.15, -0.1) is 0 Å². The van der Waals surface area contributed by atoms with Crippen molar-refractivity contribution in [1.82, 2.24) is 0 Å². The highest BCUT2D eigenvalue weighted by atomic mass is 79.9. The lowest BCUT2D eigenvalue weighted by molar-refractivity contribution is -0.137. The summed E-state index contributed by atoms with van der Waals surface area (Å²) in [6.45, 7) is 5.90. The van der Waals surface area contributed by atoms with Gasteiger partial charge in [-0.25, -0.2) is 0 Å². The number of nitrogens with one attached hydrogen (secondary N) is 1. The maximum atomic E-state index is 12.8. The van der Waals surface area contributed by atoms with Crippen molar-refractivity contribution >= 4 is 51.8 Å². The maximum absolute atomic E-state index is 12.8. The zero-order valence-electron chi connectivity index (χ0n) is 14.2. The van der Waals surface area contributed by atoms with Gasteiger partial charge in [0.15, 0.2) is 0 Å². The van der Waals surface area contributed by atoms with E-state index in [1.165, 1.54) is 12.1 Å². The summed E-state index contributed by atoms with van der Waals surface area (Å²) in [5, 5.41) is 2.51. The van der Waals surface area contributed by atoms with Crippen LogP contribution in [0.3, 0.4) is 0 Å². The summed E-state index contributed by atoms with van der Waals surface area (Å²) in [6, 6.07) is 7.81. The molecule has 2 rings (SSSR count). The Morgan fingerprint density at radius 3 is 2.35 bits per heavy atom. The molecule has 1 amide bonds. The SMILES string of the molecule is C[Si](C)(C)Oc1c(Br)cc(Br)cc1C(=O)Nc1cccc(C(F)(F)F)c1. The Kier molecular flexibility index (Phi) is 6.24. The number of anilines is 1. The smallest absolute Gasteiger partial charge is 0.416 e. The van der Waals surface area contributed by atoms with Crippen LogP contribution in [0.1, 0.15) is 15.9 Å². The van der Waals surface area contributed by atoms with Crippen LogP contribution < -0.4 is 9.74 Å². The van der Waals surface area contributed by atoms with Gasteiger partial charge in [0.2, 0.25) is 8.32 Å². The highest BCUT2D eigenvalue weighted by molar-refractivity contribution is 9.11. The number of hydrogen-bond acceptors (Lipinski definition) is 2. The van der Waals surface area contributed by atoms with Crippen molar-refractivity contribution in [2.45, 2.75) is 25.8 Å². The summed E-state index contributed by atoms with van der Waals surface area (Å²) < 4.78 is 45.7. The Morgan fingerprint density at radius 2 is 1.77 bits per heavy atom. The van der Waals surface area contributed by atoms with E-state index in [1.807, 2.05) is 19.6 Å². The molecule has 2 aromatic rings. The highest BCUT2D eigenvalue weighted by Crippen LogP contribution is 2.35. The summed E-state index contributed by atoms with van der Waals surface area (Å²) in [5.74, 6) is -0.184. The Bertz CT molecular complexity index is 836. The van der Waals surface area contributed by atoms with Gasteiger partial charge in [-0.05, 0) is 65.9 Å². The largest absolute Gasteiger partial charge is 0.543 e. The second-order valence-electron chi connectivity index (χ2n) is 6.51. The standard InChI is InChI=1S/C17H16Br2F3NO2Si/c1-26(2,3)25-15-13(8-11(18)9-14(15)19)16(24)23-12-6-4-5-10(7-12)17(20,21)22/h4-9H,1-3H3,(H,23,24). The van der Waals surface area contributed by atoms with Crippen molar-refractivity contribution in [2.75, 3.05) is 5.32 Å². The summed E-state index contributed by atoms with van der Waals surface area (Å²) in [4.78, 5) is 12.7. The van der Waals surface area contributed by atoms with E-state index in [1.54, 1.807) is 12.1 Å². The average Bonchev–Trinajstić information content (AvgIpc) is 2.48. The van der Waals surface area contributed by atoms with Gasteiger partial charge in [0, 0.05) is 10.2 Å². The number of alkyl halides is 3. The molecular weight excluding hydrogens is 495 g/mol. The molecule has 9 heteroatoms. The van der Waals surface area contributed by atoms with Gasteiger partial charge in [0.25, 0.3) is 5.91 Å². The van der Waals surface area contributed by atoms with Crippen LogP contribution in [0.4, 0.5) is 18.9 Å². The van der Waals surface area contributed by atoms with Crippen LogP contribution in [0.15, 0.2) is 45.3 Å². The minimum atomic E-state index is -4.48. The predicted molar refractivity (Wildman–Crippen MR) is 105 cm³/mol. The average molecular weight is 511 g/mol. The predicted octanol–water partition coefficient (Wildman–Crippen LogP) is 6.70. The Morgan fingerprint density at radius 1 is 1.12 bits per heavy atom. The first-order chi connectivity index (χ1) is 11.9. The molecule has 0 saturated carbocycles. The summed E-state index contributed by atoms with van der Waals surface area (Å²) >= 11 is 6.70. The first-order valence-electron chi connectivity index (χ1n) is 7.53. The highest BCUT2D eigenvalue weighted by Gasteiger charge is 2.30. The minimum absolute atomic E-state index is 0.0554. The Hall–Kier alpha value is -1.32. The summed E-state index contributed by atoms with van der Waals surface area (Å²) in [6.07, 6.45) is -4.48. The fraction of sp³-hybridized carbons (Fsp3) is 0.235. The van der Waals surface area contributed by atoms with Crippen molar-refractivity contribution < 1.29 is 22.4 Å². The van der Waals surface area contributed by atoms with Crippen LogP contribution in [0.25, 0.3) is 0 Å². The van der Waals surface area contributed by atoms with Gasteiger partial charge in [-0.3, -0.25) is 4.79 Å². The van der Waals surface area contributed by atoms with Crippen LogP contribution in [0.5, 0.6) is 5.75 Å². The fourth-order valence-electron chi connectivity index (χ4n) is 2.11. The van der Waals surface area contributed by atoms with Crippen molar-refractivity contribution in [2.24, 2.45) is 0 Å². The maximum Gasteiger partial charge on any atom is 0.416 e. The molecule has 0 saturated heterocycles. The summed E-state index contributed by atoms with van der Waals surface area (Å²) in [5.41, 5.74) is -0.546. The lowest BCUT2D eigenvalue weighted by atomic mass is 10.1. The Labute approximate surface area is 167 Å². The van der Waals surface area contributed by atoms with E-state index in [-0.39, 0.29) is 11.3 Å². The Balaban J connectivity index is 2.38. The van der Waals surface area contributed by atoms with Gasteiger partial charge < -0.3 is 9.74 Å². The van der Waals surface area contributed by atoms with E-state index >= 15 is 0 Å². The van der Waals surface area contributed by atoms with Gasteiger partial charge in [-0.1, -0.05) is 22.0 Å². The van der Waals surface area contributed by atoms with E-state index < -0.39 is 26.0 Å². The minimum Gasteiger partial charge on any atom is -0.543 e. The van der Waals surface area contributed by atoms with Crippen LogP contribution >= 0.6 is 31.9 Å². The molecule has 26 heavy (non-hydrogen) atoms. The van der Waals surface area contributed by atoms with E-state index in [2.05, 4.69) is 37.2 Å². The number of rotatable bonds is 4. The zero-order chi connectivity index (χ0) is 19.7. The molecule has 0 unspecified atom stereocenters. The van der Waals surface area contributed by atoms with Crippen molar-refractivity contribution in [3.8, 4) is 5.75 Å². The van der Waals surface area contributed by atoms with Crippen LogP contribution in [0, 0.1) is 0 Å². The number of benzene rings is 2. The number of hydrogen-bond donors (Lipinski definition) is 1. The normalized spacial score (nSPS) is 12.0. The molecule has 2 aromatic carbocycles. The third kappa shape index (κ3) is 5.59. The van der Waals surface area contributed by atoms with Crippen LogP contribution in [0.2, 0.25) is 19.6 Å². The lowest BCUT2D eigenvalue weighted by Crippen LogP contribution is -2.30. The molecule has 1 N–H and O–H groups in total. The number of carbonyl (C=O) groups excluding carboxylic acids is 1. The molecule has 0 spiro atoms. The van der Waals surface area contributed by atoms with Crippen molar-refractivity contribution in [3.63, 3.8) is 0 Å². The van der Waals surface area contributed by atoms with Gasteiger partial charge in [-0.2, -0.15) is 13.2 Å². The number of halogens is 5. The number of amides is 1. The first-order valence-corrected chi connectivity index (χ1v) is 12.5. The molecule has 3 nitrogen and oxygen atoms in total. The monoisotopic (exact) mass is 509 g/mol. The topological polar surface area (TPSA) is 38.3 Å². The molecule has 0 aromatic heterocycles.